The number of benzene rings is 2. The molecule has 0 atom stereocenters. The summed E-state index contributed by atoms with van der Waals surface area (Å²) in [6.07, 6.45) is 0. The van der Waals surface area contributed by atoms with Gasteiger partial charge in [0.1, 0.15) is 0 Å². The molecule has 0 saturated carbocycles. The van der Waals surface area contributed by atoms with Gasteiger partial charge < -0.3 is 0 Å². The van der Waals surface area contributed by atoms with Crippen LogP contribution in [0.5, 0.6) is 0 Å². The number of azo groups is 1. The van der Waals surface area contributed by atoms with Crippen molar-refractivity contribution in [1.82, 2.24) is 0 Å². The molecule has 2 nitrogen and oxygen atoms in total. The number of hydrogen-bond donors (Lipinski definition) is 0. The zero-order valence-corrected chi connectivity index (χ0v) is 11.4. The zero-order chi connectivity index (χ0) is 12.8. The van der Waals surface area contributed by atoms with Crippen molar-refractivity contribution in [3.63, 3.8) is 0 Å². The Morgan fingerprint density at radius 2 is 1.33 bits per heavy atom. The topological polar surface area (TPSA) is 24.7 Å². The molecule has 0 aromatic heterocycles. The summed E-state index contributed by atoms with van der Waals surface area (Å²) in [6.45, 7) is 4.38. The van der Waals surface area contributed by atoms with Crippen LogP contribution in [0.15, 0.2) is 69.7 Å². The Bertz CT molecular complexity index is 504. The van der Waals surface area contributed by atoms with Crippen molar-refractivity contribution in [2.75, 3.05) is 0 Å². The van der Waals surface area contributed by atoms with Crippen molar-refractivity contribution in [2.45, 2.75) is 24.0 Å². The van der Waals surface area contributed by atoms with Crippen LogP contribution in [0.4, 0.5) is 11.4 Å². The van der Waals surface area contributed by atoms with E-state index in [1.54, 1.807) is 0 Å². The Balaban J connectivity index is 2.04. The van der Waals surface area contributed by atoms with Gasteiger partial charge in [0, 0.05) is 10.1 Å². The minimum absolute atomic E-state index is 0.599. The zero-order valence-electron chi connectivity index (χ0n) is 10.6. The third kappa shape index (κ3) is 4.00. The van der Waals surface area contributed by atoms with Gasteiger partial charge in [-0.1, -0.05) is 32.0 Å². The van der Waals surface area contributed by atoms with Gasteiger partial charge in [-0.25, -0.2) is 0 Å². The van der Waals surface area contributed by atoms with E-state index in [4.69, 9.17) is 0 Å². The standard InChI is InChI=1S/C15H16N2S/c1-12(2)18-15-10-8-14(9-11-15)17-16-13-6-4-3-5-7-13/h3-12H,1-2H3/b17-16+. The molecule has 2 rings (SSSR count). The molecule has 0 unspecified atom stereocenters. The predicted molar refractivity (Wildman–Crippen MR) is 78.1 cm³/mol. The number of hydrogen-bond acceptors (Lipinski definition) is 3. The Morgan fingerprint density at radius 3 is 1.89 bits per heavy atom. The van der Waals surface area contributed by atoms with E-state index < -0.39 is 0 Å². The van der Waals surface area contributed by atoms with Crippen LogP contribution in [0.2, 0.25) is 0 Å². The largest absolute Gasteiger partial charge is 0.151 e. The van der Waals surface area contributed by atoms with Crippen LogP contribution in [0.3, 0.4) is 0 Å². The van der Waals surface area contributed by atoms with E-state index in [0.29, 0.717) is 5.25 Å². The van der Waals surface area contributed by atoms with Crippen molar-refractivity contribution in [1.29, 1.82) is 0 Å². The lowest BCUT2D eigenvalue weighted by Gasteiger charge is -2.03. The van der Waals surface area contributed by atoms with Gasteiger partial charge in [0.15, 0.2) is 0 Å². The van der Waals surface area contributed by atoms with Crippen molar-refractivity contribution >= 4 is 23.1 Å². The van der Waals surface area contributed by atoms with Crippen LogP contribution in [0.25, 0.3) is 0 Å². The monoisotopic (exact) mass is 256 g/mol. The first-order valence-corrected chi connectivity index (χ1v) is 6.85. The predicted octanol–water partition coefficient (Wildman–Crippen LogP) is 5.60. The van der Waals surface area contributed by atoms with E-state index in [9.17, 15) is 0 Å². The first kappa shape index (κ1) is 12.8. The highest BCUT2D eigenvalue weighted by Crippen LogP contribution is 2.25. The van der Waals surface area contributed by atoms with E-state index in [1.807, 2.05) is 54.2 Å². The molecule has 0 amide bonds. The molecule has 0 N–H and O–H groups in total. The summed E-state index contributed by atoms with van der Waals surface area (Å²) >= 11 is 1.85. The number of thioether (sulfide) groups is 1. The van der Waals surface area contributed by atoms with Crippen LogP contribution < -0.4 is 0 Å². The Hall–Kier alpha value is -1.61. The highest BCUT2D eigenvalue weighted by atomic mass is 32.2. The van der Waals surface area contributed by atoms with Gasteiger partial charge in [-0.15, -0.1) is 11.8 Å². The average Bonchev–Trinajstić information content (AvgIpc) is 2.38. The van der Waals surface area contributed by atoms with E-state index >= 15 is 0 Å². The van der Waals surface area contributed by atoms with Crippen molar-refractivity contribution in [3.8, 4) is 0 Å². The van der Waals surface area contributed by atoms with Gasteiger partial charge in [0.05, 0.1) is 11.4 Å². The molecule has 0 aliphatic rings. The lowest BCUT2D eigenvalue weighted by molar-refractivity contribution is 1.11. The molecular formula is C15H16N2S. The second-order valence-electron chi connectivity index (χ2n) is 4.20. The molecule has 0 fully saturated rings. The maximum absolute atomic E-state index is 4.21. The Morgan fingerprint density at radius 1 is 0.778 bits per heavy atom. The molecule has 3 heteroatoms. The van der Waals surface area contributed by atoms with Gasteiger partial charge in [-0.2, -0.15) is 10.2 Å². The van der Waals surface area contributed by atoms with Crippen LogP contribution in [0, 0.1) is 0 Å². The molecule has 0 radical (unpaired) electrons. The van der Waals surface area contributed by atoms with Crippen LogP contribution in [-0.2, 0) is 0 Å². The van der Waals surface area contributed by atoms with Crippen molar-refractivity contribution in [3.05, 3.63) is 54.6 Å². The first-order valence-electron chi connectivity index (χ1n) is 5.97. The fourth-order valence-corrected chi connectivity index (χ4v) is 2.31. The lowest BCUT2D eigenvalue weighted by atomic mass is 10.3. The molecule has 2 aromatic carbocycles. The van der Waals surface area contributed by atoms with E-state index in [2.05, 4.69) is 36.2 Å². The molecular weight excluding hydrogens is 240 g/mol. The van der Waals surface area contributed by atoms with Crippen LogP contribution in [-0.4, -0.2) is 5.25 Å². The van der Waals surface area contributed by atoms with Crippen LogP contribution in [0.1, 0.15) is 13.8 Å². The summed E-state index contributed by atoms with van der Waals surface area (Å²) in [7, 11) is 0. The normalized spacial score (nSPS) is 11.3. The highest BCUT2D eigenvalue weighted by molar-refractivity contribution is 7.99. The average molecular weight is 256 g/mol. The second kappa shape index (κ2) is 6.36. The maximum Gasteiger partial charge on any atom is 0.0857 e. The van der Waals surface area contributed by atoms with Gasteiger partial charge in [-0.3, -0.25) is 0 Å². The second-order valence-corrected chi connectivity index (χ2v) is 5.85. The van der Waals surface area contributed by atoms with Gasteiger partial charge in [0.25, 0.3) is 0 Å². The van der Waals surface area contributed by atoms with Crippen molar-refractivity contribution < 1.29 is 0 Å². The fraction of sp³-hybridized carbons (Fsp3) is 0.200. The smallest absolute Gasteiger partial charge is 0.0857 e. The Kier molecular flexibility index (Phi) is 4.53. The molecule has 2 aromatic rings. The van der Waals surface area contributed by atoms with E-state index in [1.165, 1.54) is 4.90 Å². The molecule has 18 heavy (non-hydrogen) atoms. The third-order valence-corrected chi connectivity index (χ3v) is 3.26. The summed E-state index contributed by atoms with van der Waals surface area (Å²) in [4.78, 5) is 1.27. The van der Waals surface area contributed by atoms with Gasteiger partial charge in [0.2, 0.25) is 0 Å². The minimum atomic E-state index is 0.599. The van der Waals surface area contributed by atoms with E-state index in [0.717, 1.165) is 11.4 Å². The minimum Gasteiger partial charge on any atom is -0.151 e. The Labute approximate surface area is 112 Å². The van der Waals surface area contributed by atoms with Gasteiger partial charge >= 0.3 is 0 Å². The SMILES string of the molecule is CC(C)Sc1ccc(/N=N/c2ccccc2)cc1. The molecule has 0 spiro atoms. The van der Waals surface area contributed by atoms with Gasteiger partial charge in [-0.05, 0) is 36.4 Å². The lowest BCUT2D eigenvalue weighted by Crippen LogP contribution is -1.84. The molecule has 92 valence electrons. The summed E-state index contributed by atoms with van der Waals surface area (Å²) in [5.41, 5.74) is 1.75. The summed E-state index contributed by atoms with van der Waals surface area (Å²) in [5.74, 6) is 0. The van der Waals surface area contributed by atoms with Crippen LogP contribution >= 0.6 is 11.8 Å². The number of nitrogens with zero attached hydrogens (tertiary/aromatic N) is 2. The fourth-order valence-electron chi connectivity index (χ4n) is 1.47. The summed E-state index contributed by atoms with van der Waals surface area (Å²) in [6, 6.07) is 17.9. The third-order valence-electron chi connectivity index (χ3n) is 2.25. The molecule has 0 aliphatic heterocycles. The van der Waals surface area contributed by atoms with Crippen molar-refractivity contribution in [2.24, 2.45) is 10.2 Å². The highest BCUT2D eigenvalue weighted by Gasteiger charge is 1.98. The molecule has 0 heterocycles. The maximum atomic E-state index is 4.21. The molecule has 0 aliphatic carbocycles. The summed E-state index contributed by atoms with van der Waals surface area (Å²) < 4.78 is 0. The summed E-state index contributed by atoms with van der Waals surface area (Å²) in [5, 5.41) is 9.00. The van der Waals surface area contributed by atoms with E-state index in [-0.39, 0.29) is 0 Å². The molecule has 0 bridgehead atoms. The quantitative estimate of drug-likeness (QED) is 0.516. The number of rotatable bonds is 4. The first-order chi connectivity index (χ1) is 8.74. The molecule has 0 saturated heterocycles.